The highest BCUT2D eigenvalue weighted by Gasteiger charge is 2.38. The summed E-state index contributed by atoms with van der Waals surface area (Å²) >= 11 is 0. The van der Waals surface area contributed by atoms with Gasteiger partial charge in [0.15, 0.2) is 0 Å². The summed E-state index contributed by atoms with van der Waals surface area (Å²) in [6.45, 7) is 3.19. The molecule has 6 heteroatoms. The summed E-state index contributed by atoms with van der Waals surface area (Å²) in [4.78, 5) is 14.8. The number of rotatable bonds is 3. The van der Waals surface area contributed by atoms with Crippen LogP contribution in [0.15, 0.2) is 12.4 Å². The molecule has 0 radical (unpaired) electrons. The summed E-state index contributed by atoms with van der Waals surface area (Å²) in [6, 6.07) is 0. The average Bonchev–Trinajstić information content (AvgIpc) is 3.15. The van der Waals surface area contributed by atoms with Crippen molar-refractivity contribution in [2.45, 2.75) is 24.9 Å². The molecular weight excluding hydrogens is 268 g/mol. The molecule has 2 aliphatic heterocycles. The summed E-state index contributed by atoms with van der Waals surface area (Å²) in [5.41, 5.74) is 1.15. The Morgan fingerprint density at radius 1 is 1.48 bits per heavy atom. The molecule has 0 bridgehead atoms. The molecule has 3 rings (SSSR count). The van der Waals surface area contributed by atoms with E-state index in [9.17, 15) is 4.79 Å². The highest BCUT2D eigenvalue weighted by molar-refractivity contribution is 5.80. The summed E-state index contributed by atoms with van der Waals surface area (Å²) in [5, 5.41) is 7.60. The Kier molecular flexibility index (Phi) is 4.26. The van der Waals surface area contributed by atoms with Crippen molar-refractivity contribution in [1.82, 2.24) is 20.0 Å². The number of likely N-dealkylation sites (tertiary alicyclic amines) is 1. The zero-order chi connectivity index (χ0) is 14.8. The number of hydrogen-bond acceptors (Lipinski definition) is 4. The lowest BCUT2D eigenvalue weighted by Crippen LogP contribution is -2.46. The zero-order valence-corrected chi connectivity index (χ0v) is 12.8. The van der Waals surface area contributed by atoms with E-state index in [1.165, 1.54) is 0 Å². The maximum atomic E-state index is 12.9. The van der Waals surface area contributed by atoms with Crippen LogP contribution in [0.1, 0.15) is 24.3 Å². The first-order valence-electron chi connectivity index (χ1n) is 7.70. The minimum absolute atomic E-state index is 0.0183. The van der Waals surface area contributed by atoms with E-state index in [1.807, 2.05) is 24.3 Å². The summed E-state index contributed by atoms with van der Waals surface area (Å²) in [5.74, 6) is 0.509. The molecule has 0 spiro atoms. The first-order chi connectivity index (χ1) is 10.2. The molecule has 3 atom stereocenters. The van der Waals surface area contributed by atoms with Crippen LogP contribution in [0, 0.1) is 5.92 Å². The van der Waals surface area contributed by atoms with Gasteiger partial charge in [-0.05, 0) is 18.4 Å². The summed E-state index contributed by atoms with van der Waals surface area (Å²) < 4.78 is 7.23. The summed E-state index contributed by atoms with van der Waals surface area (Å²) in [7, 11) is 3.64. The fourth-order valence-electron chi connectivity index (χ4n) is 3.49. The molecule has 3 heterocycles. The maximum absolute atomic E-state index is 12.9. The smallest absolute Gasteiger partial charge is 0.227 e. The quantitative estimate of drug-likeness (QED) is 0.874. The standard InChI is InChI=1S/C15H24N4O2/c1-18-9-11(6-17-18)13-7-16-8-14(13)15(20)19-5-3-4-12(10-19)21-2/h6,9,12-14,16H,3-5,7-8,10H2,1-2H3/t12?,13-,14+/m1/s1. The number of hydrogen-bond donors (Lipinski definition) is 1. The third-order valence-electron chi connectivity index (χ3n) is 4.71. The molecule has 1 N–H and O–H groups in total. The number of ether oxygens (including phenoxy) is 1. The van der Waals surface area contributed by atoms with Crippen molar-refractivity contribution in [3.8, 4) is 0 Å². The lowest BCUT2D eigenvalue weighted by Gasteiger charge is -2.34. The number of carbonyl (C=O) groups is 1. The van der Waals surface area contributed by atoms with Crippen molar-refractivity contribution in [2.75, 3.05) is 33.3 Å². The Hall–Kier alpha value is -1.40. The molecule has 21 heavy (non-hydrogen) atoms. The molecule has 0 aliphatic carbocycles. The molecule has 1 aromatic heterocycles. The lowest BCUT2D eigenvalue weighted by molar-refractivity contribution is -0.138. The minimum atomic E-state index is 0.0183. The van der Waals surface area contributed by atoms with Gasteiger partial charge in [0.1, 0.15) is 0 Å². The molecule has 1 amide bonds. The number of nitrogens with zero attached hydrogens (tertiary/aromatic N) is 3. The first kappa shape index (κ1) is 14.5. The van der Waals surface area contributed by atoms with Crippen molar-refractivity contribution < 1.29 is 9.53 Å². The van der Waals surface area contributed by atoms with Crippen LogP contribution in [0.5, 0.6) is 0 Å². The fraction of sp³-hybridized carbons (Fsp3) is 0.733. The SMILES string of the molecule is COC1CCCN(C(=O)[C@H]2CNC[C@@H]2c2cnn(C)c2)C1. The van der Waals surface area contributed by atoms with Gasteiger partial charge in [0, 0.05) is 52.5 Å². The summed E-state index contributed by atoms with van der Waals surface area (Å²) in [6.07, 6.45) is 6.17. The first-order valence-corrected chi connectivity index (χ1v) is 7.70. The topological polar surface area (TPSA) is 59.4 Å². The van der Waals surface area contributed by atoms with Crippen molar-refractivity contribution in [3.05, 3.63) is 18.0 Å². The van der Waals surface area contributed by atoms with Gasteiger partial charge in [0.25, 0.3) is 0 Å². The highest BCUT2D eigenvalue weighted by atomic mass is 16.5. The van der Waals surface area contributed by atoms with E-state index in [1.54, 1.807) is 11.8 Å². The number of carbonyl (C=O) groups excluding carboxylic acids is 1. The fourth-order valence-corrected chi connectivity index (χ4v) is 3.49. The number of nitrogens with one attached hydrogen (secondary N) is 1. The van der Waals surface area contributed by atoms with Crippen LogP contribution in [-0.2, 0) is 16.6 Å². The van der Waals surface area contributed by atoms with Gasteiger partial charge >= 0.3 is 0 Å². The van der Waals surface area contributed by atoms with Gasteiger partial charge in [-0.15, -0.1) is 0 Å². The van der Waals surface area contributed by atoms with Crippen LogP contribution in [-0.4, -0.2) is 60.0 Å². The van der Waals surface area contributed by atoms with Crippen molar-refractivity contribution >= 4 is 5.91 Å². The Morgan fingerprint density at radius 2 is 2.33 bits per heavy atom. The second-order valence-electron chi connectivity index (χ2n) is 6.10. The van der Waals surface area contributed by atoms with Gasteiger partial charge in [0.2, 0.25) is 5.91 Å². The number of aryl methyl sites for hydroxylation is 1. The van der Waals surface area contributed by atoms with E-state index in [4.69, 9.17) is 4.74 Å². The lowest BCUT2D eigenvalue weighted by atomic mass is 9.89. The third-order valence-corrected chi connectivity index (χ3v) is 4.71. The molecule has 2 fully saturated rings. The minimum Gasteiger partial charge on any atom is -0.380 e. The molecule has 6 nitrogen and oxygen atoms in total. The van der Waals surface area contributed by atoms with Crippen LogP contribution in [0.3, 0.4) is 0 Å². The Bertz CT molecular complexity index is 502. The molecule has 0 aromatic carbocycles. The Morgan fingerprint density at radius 3 is 3.05 bits per heavy atom. The van der Waals surface area contributed by atoms with Crippen LogP contribution in [0.25, 0.3) is 0 Å². The van der Waals surface area contributed by atoms with Crippen molar-refractivity contribution in [3.63, 3.8) is 0 Å². The van der Waals surface area contributed by atoms with E-state index in [2.05, 4.69) is 10.4 Å². The largest absolute Gasteiger partial charge is 0.380 e. The van der Waals surface area contributed by atoms with E-state index in [-0.39, 0.29) is 23.8 Å². The molecule has 2 saturated heterocycles. The van der Waals surface area contributed by atoms with Gasteiger partial charge in [-0.1, -0.05) is 0 Å². The van der Waals surface area contributed by atoms with Crippen LogP contribution < -0.4 is 5.32 Å². The second-order valence-corrected chi connectivity index (χ2v) is 6.10. The van der Waals surface area contributed by atoms with Gasteiger partial charge < -0.3 is 15.0 Å². The second kappa shape index (κ2) is 6.15. The van der Waals surface area contributed by atoms with E-state index < -0.39 is 0 Å². The Labute approximate surface area is 125 Å². The molecule has 2 aliphatic rings. The van der Waals surface area contributed by atoms with Crippen LogP contribution >= 0.6 is 0 Å². The molecule has 0 saturated carbocycles. The number of methoxy groups -OCH3 is 1. The normalized spacial score (nSPS) is 29.8. The predicted octanol–water partition coefficient (Wildman–Crippen LogP) is 0.361. The number of aromatic nitrogens is 2. The van der Waals surface area contributed by atoms with Crippen LogP contribution in [0.2, 0.25) is 0 Å². The van der Waals surface area contributed by atoms with Crippen molar-refractivity contribution in [2.24, 2.45) is 13.0 Å². The molecule has 116 valence electrons. The number of amides is 1. The van der Waals surface area contributed by atoms with Crippen molar-refractivity contribution in [1.29, 1.82) is 0 Å². The Balaban J connectivity index is 1.71. The van der Waals surface area contributed by atoms with E-state index in [0.717, 1.165) is 44.6 Å². The zero-order valence-electron chi connectivity index (χ0n) is 12.8. The monoisotopic (exact) mass is 292 g/mol. The third kappa shape index (κ3) is 2.96. The van der Waals surface area contributed by atoms with E-state index in [0.29, 0.717) is 0 Å². The van der Waals surface area contributed by atoms with Gasteiger partial charge in [0.05, 0.1) is 18.2 Å². The number of piperidine rings is 1. The highest BCUT2D eigenvalue weighted by Crippen LogP contribution is 2.30. The predicted molar refractivity (Wildman–Crippen MR) is 78.9 cm³/mol. The average molecular weight is 292 g/mol. The van der Waals surface area contributed by atoms with Crippen LogP contribution in [0.4, 0.5) is 0 Å². The molecular formula is C15H24N4O2. The van der Waals surface area contributed by atoms with Gasteiger partial charge in [-0.3, -0.25) is 9.48 Å². The van der Waals surface area contributed by atoms with E-state index >= 15 is 0 Å². The maximum Gasteiger partial charge on any atom is 0.227 e. The van der Waals surface area contributed by atoms with Gasteiger partial charge in [-0.2, -0.15) is 5.10 Å². The molecule has 1 aromatic rings. The molecule has 1 unspecified atom stereocenters. The van der Waals surface area contributed by atoms with Gasteiger partial charge in [-0.25, -0.2) is 0 Å².